The minimum absolute atomic E-state index is 0.180. The second-order valence-electron chi connectivity index (χ2n) is 13.5. The van der Waals surface area contributed by atoms with Crippen LogP contribution in [0.4, 0.5) is 9.59 Å². The van der Waals surface area contributed by atoms with Gasteiger partial charge in [-0.1, -0.05) is 24.3 Å². The summed E-state index contributed by atoms with van der Waals surface area (Å²) in [5, 5.41) is 16.2. The predicted octanol–water partition coefficient (Wildman–Crippen LogP) is 4.89. The van der Waals surface area contributed by atoms with Crippen LogP contribution in [0, 0.1) is 0 Å². The SMILES string of the molecule is COC(=O)N[C@@H](C)C(=O)N1CCC[C@H]1c1ncc(-c2ccc3cc(-c4ccc(-c5cnc([C@@H]6CCCN6C(=O)[C@@H](C)NC(=O)OC)[nH]5)nn4)ccc3c2)[nH]1. The molecule has 4 atom stereocenters. The minimum Gasteiger partial charge on any atom is -0.453 e. The molecule has 7 rings (SSSR count). The van der Waals surface area contributed by atoms with Crippen molar-refractivity contribution in [3.05, 3.63) is 72.6 Å². The molecule has 4 N–H and O–H groups in total. The average molecular weight is 735 g/mol. The van der Waals surface area contributed by atoms with Crippen molar-refractivity contribution in [2.24, 2.45) is 0 Å². The topological polar surface area (TPSA) is 200 Å². The predicted molar refractivity (Wildman–Crippen MR) is 198 cm³/mol. The summed E-state index contributed by atoms with van der Waals surface area (Å²) in [6, 6.07) is 14.2. The first-order valence-corrected chi connectivity index (χ1v) is 17.9. The zero-order valence-corrected chi connectivity index (χ0v) is 30.5. The molecule has 2 fully saturated rings. The lowest BCUT2D eigenvalue weighted by Gasteiger charge is -2.26. The number of rotatable bonds is 9. The molecule has 2 aliphatic rings. The van der Waals surface area contributed by atoms with Gasteiger partial charge in [-0.3, -0.25) is 9.59 Å². The maximum atomic E-state index is 13.1. The maximum Gasteiger partial charge on any atom is 0.407 e. The van der Waals surface area contributed by atoms with E-state index in [2.05, 4.69) is 68.4 Å². The fourth-order valence-corrected chi connectivity index (χ4v) is 7.21. The van der Waals surface area contributed by atoms with Crippen molar-refractivity contribution in [1.82, 2.24) is 50.6 Å². The van der Waals surface area contributed by atoms with Gasteiger partial charge >= 0.3 is 12.2 Å². The Labute approximate surface area is 311 Å². The fourth-order valence-electron chi connectivity index (χ4n) is 7.21. The van der Waals surface area contributed by atoms with Crippen LogP contribution < -0.4 is 10.6 Å². The van der Waals surface area contributed by atoms with Crippen LogP contribution >= 0.6 is 0 Å². The van der Waals surface area contributed by atoms with E-state index in [1.54, 1.807) is 36.0 Å². The second-order valence-corrected chi connectivity index (χ2v) is 13.5. The number of aromatic nitrogens is 6. The first-order chi connectivity index (χ1) is 26.1. The van der Waals surface area contributed by atoms with Crippen LogP contribution in [-0.2, 0) is 19.1 Å². The number of H-pyrrole nitrogens is 2. The molecule has 54 heavy (non-hydrogen) atoms. The Bertz CT molecular complexity index is 2180. The number of fused-ring (bicyclic) bond motifs is 1. The molecule has 0 radical (unpaired) electrons. The number of carbonyl (C=O) groups excluding carboxylic acids is 4. The van der Waals surface area contributed by atoms with Crippen LogP contribution in [0.25, 0.3) is 44.7 Å². The number of amides is 4. The van der Waals surface area contributed by atoms with Gasteiger partial charge < -0.3 is 39.9 Å². The number of benzene rings is 2. The monoisotopic (exact) mass is 734 g/mol. The molecule has 5 aromatic rings. The number of likely N-dealkylation sites (tertiary alicyclic amines) is 2. The van der Waals surface area contributed by atoms with Crippen LogP contribution in [0.2, 0.25) is 0 Å². The first kappa shape index (κ1) is 36.1. The highest BCUT2D eigenvalue weighted by Gasteiger charge is 2.36. The van der Waals surface area contributed by atoms with Crippen LogP contribution in [0.3, 0.4) is 0 Å². The van der Waals surface area contributed by atoms with E-state index in [4.69, 9.17) is 0 Å². The Morgan fingerprint density at radius 2 is 1.17 bits per heavy atom. The van der Waals surface area contributed by atoms with Crippen molar-refractivity contribution in [2.75, 3.05) is 27.3 Å². The van der Waals surface area contributed by atoms with Crippen molar-refractivity contribution in [3.63, 3.8) is 0 Å². The normalized spacial score (nSPS) is 18.0. The highest BCUT2D eigenvalue weighted by atomic mass is 16.5. The van der Waals surface area contributed by atoms with Gasteiger partial charge in [0, 0.05) is 24.2 Å². The highest BCUT2D eigenvalue weighted by Crippen LogP contribution is 2.34. The van der Waals surface area contributed by atoms with Crippen LogP contribution in [0.1, 0.15) is 63.3 Å². The van der Waals surface area contributed by atoms with Gasteiger partial charge in [0.1, 0.15) is 29.4 Å². The van der Waals surface area contributed by atoms with Crippen molar-refractivity contribution in [3.8, 4) is 33.9 Å². The van der Waals surface area contributed by atoms with Crippen LogP contribution in [0.5, 0.6) is 0 Å². The van der Waals surface area contributed by atoms with Crippen molar-refractivity contribution >= 4 is 34.8 Å². The summed E-state index contributed by atoms with van der Waals surface area (Å²) in [5.74, 6) is 0.986. The second kappa shape index (κ2) is 15.3. The molecule has 0 aliphatic carbocycles. The number of imidazole rings is 2. The van der Waals surface area contributed by atoms with Crippen molar-refractivity contribution in [2.45, 2.75) is 63.7 Å². The Hall–Kier alpha value is -6.32. The Morgan fingerprint density at radius 1 is 0.685 bits per heavy atom. The van der Waals surface area contributed by atoms with E-state index in [1.165, 1.54) is 14.2 Å². The standard InChI is InChI=1S/C38H42N10O6/c1-21(41-37(51)53-3)35(49)47-15-5-7-31(47)33-39-19-29(43-33)26-12-10-23-17-25(11-9-24(23)18-26)27-13-14-28(46-45-27)30-20-40-34(44-30)32-8-6-16-48(32)36(50)22(2)42-38(52)54-4/h9-14,17-22,31-32H,5-8,15-16H2,1-4H3,(H,39,43)(H,40,44)(H,41,51)(H,42,52)/t21-,22+,31-,32-/m0/s1. The number of nitrogens with one attached hydrogen (secondary N) is 4. The summed E-state index contributed by atoms with van der Waals surface area (Å²) in [6.07, 6.45) is 5.38. The lowest BCUT2D eigenvalue weighted by atomic mass is 10.0. The fraction of sp³-hybridized carbons (Fsp3) is 0.368. The molecule has 5 heterocycles. The van der Waals surface area contributed by atoms with Gasteiger partial charge in [-0.25, -0.2) is 19.6 Å². The molecular weight excluding hydrogens is 692 g/mol. The lowest BCUT2D eigenvalue weighted by molar-refractivity contribution is -0.134. The third-order valence-electron chi connectivity index (χ3n) is 10.1. The molecule has 0 saturated carbocycles. The third-order valence-corrected chi connectivity index (χ3v) is 10.1. The summed E-state index contributed by atoms with van der Waals surface area (Å²) in [6.45, 7) is 4.44. The number of aromatic amines is 2. The van der Waals surface area contributed by atoms with Crippen LogP contribution in [0.15, 0.2) is 60.9 Å². The maximum absolute atomic E-state index is 13.1. The van der Waals surface area contributed by atoms with Gasteiger partial charge in [0.2, 0.25) is 11.8 Å². The number of hydrogen-bond donors (Lipinski definition) is 4. The quantitative estimate of drug-likeness (QED) is 0.162. The number of carbonyl (C=O) groups is 4. The van der Waals surface area contributed by atoms with E-state index in [0.29, 0.717) is 41.8 Å². The molecular formula is C38H42N10O6. The number of ether oxygens (including phenoxy) is 2. The van der Waals surface area contributed by atoms with Gasteiger partial charge in [0.25, 0.3) is 0 Å². The van der Waals surface area contributed by atoms with E-state index in [9.17, 15) is 19.2 Å². The lowest BCUT2D eigenvalue weighted by Crippen LogP contribution is -2.46. The molecule has 16 nitrogen and oxygen atoms in total. The van der Waals surface area contributed by atoms with E-state index in [-0.39, 0.29) is 23.9 Å². The average Bonchev–Trinajstić information content (AvgIpc) is 4.03. The van der Waals surface area contributed by atoms with Gasteiger partial charge in [0.15, 0.2) is 0 Å². The van der Waals surface area contributed by atoms with Gasteiger partial charge in [-0.15, -0.1) is 10.2 Å². The van der Waals surface area contributed by atoms with Crippen molar-refractivity contribution < 1.29 is 28.7 Å². The Morgan fingerprint density at radius 3 is 1.70 bits per heavy atom. The summed E-state index contributed by atoms with van der Waals surface area (Å²) in [7, 11) is 2.53. The summed E-state index contributed by atoms with van der Waals surface area (Å²) in [5.41, 5.74) is 4.75. The molecule has 0 bridgehead atoms. The molecule has 16 heteroatoms. The van der Waals surface area contributed by atoms with E-state index in [1.807, 2.05) is 30.3 Å². The first-order valence-electron chi connectivity index (χ1n) is 17.9. The van der Waals surface area contributed by atoms with Gasteiger partial charge in [-0.05, 0) is 74.6 Å². The third kappa shape index (κ3) is 7.31. The smallest absolute Gasteiger partial charge is 0.407 e. The molecule has 0 unspecified atom stereocenters. The van der Waals surface area contributed by atoms with Gasteiger partial charge in [-0.2, -0.15) is 0 Å². The molecule has 280 valence electrons. The molecule has 2 aromatic carbocycles. The highest BCUT2D eigenvalue weighted by molar-refractivity contribution is 5.90. The zero-order chi connectivity index (χ0) is 37.9. The molecule has 0 spiro atoms. The Balaban J connectivity index is 1.02. The Kier molecular flexibility index (Phi) is 10.2. The number of alkyl carbamates (subject to hydrolysis) is 2. The number of nitrogens with zero attached hydrogens (tertiary/aromatic N) is 6. The van der Waals surface area contributed by atoms with Crippen LogP contribution in [-0.4, -0.2) is 103 Å². The summed E-state index contributed by atoms with van der Waals surface area (Å²) < 4.78 is 9.28. The van der Waals surface area contributed by atoms with E-state index < -0.39 is 24.3 Å². The zero-order valence-electron chi connectivity index (χ0n) is 30.5. The van der Waals surface area contributed by atoms with E-state index >= 15 is 0 Å². The van der Waals surface area contributed by atoms with Crippen molar-refractivity contribution in [1.29, 1.82) is 0 Å². The molecule has 3 aromatic heterocycles. The minimum atomic E-state index is -0.727. The molecule has 2 aliphatic heterocycles. The number of hydrogen-bond acceptors (Lipinski definition) is 10. The largest absolute Gasteiger partial charge is 0.453 e. The molecule has 2 saturated heterocycles. The van der Waals surface area contributed by atoms with Gasteiger partial charge in [0.05, 0.1) is 55.8 Å². The number of methoxy groups -OCH3 is 2. The summed E-state index contributed by atoms with van der Waals surface area (Å²) in [4.78, 5) is 68.9. The summed E-state index contributed by atoms with van der Waals surface area (Å²) >= 11 is 0. The molecule has 4 amide bonds. The van der Waals surface area contributed by atoms with E-state index in [0.717, 1.165) is 53.3 Å².